The van der Waals surface area contributed by atoms with Crippen LogP contribution in [0, 0.1) is 10.1 Å². The molecule has 0 bridgehead atoms. The Hall–Kier alpha value is -3.62. The average molecular weight is 399 g/mol. The van der Waals surface area contributed by atoms with Gasteiger partial charge in [0.1, 0.15) is 17.5 Å². The van der Waals surface area contributed by atoms with Gasteiger partial charge in [-0.25, -0.2) is 0 Å². The molecule has 0 radical (unpaired) electrons. The molecule has 1 N–H and O–H groups in total. The number of amides is 2. The Morgan fingerprint density at radius 1 is 1.31 bits per heavy atom. The number of nitrogens with one attached hydrogen (secondary N) is 1. The van der Waals surface area contributed by atoms with Crippen molar-refractivity contribution in [3.63, 3.8) is 0 Å². The van der Waals surface area contributed by atoms with Crippen molar-refractivity contribution in [2.24, 2.45) is 0 Å². The van der Waals surface area contributed by atoms with Crippen molar-refractivity contribution >= 4 is 28.9 Å². The van der Waals surface area contributed by atoms with Crippen molar-refractivity contribution in [2.75, 3.05) is 17.3 Å². The summed E-state index contributed by atoms with van der Waals surface area (Å²) in [6, 6.07) is 9.85. The number of nitro groups is 1. The van der Waals surface area contributed by atoms with Crippen LogP contribution in [0.2, 0.25) is 0 Å². The first-order chi connectivity index (χ1) is 13.8. The number of methoxy groups -OCH3 is 1. The van der Waals surface area contributed by atoms with Crippen molar-refractivity contribution in [1.82, 2.24) is 0 Å². The fraction of sp³-hybridized carbons (Fsp3) is 0.300. The average Bonchev–Trinajstić information content (AvgIpc) is 2.72. The first-order valence-corrected chi connectivity index (χ1v) is 9.08. The number of nitrogens with zero attached hydrogens (tertiary/aromatic N) is 2. The van der Waals surface area contributed by atoms with Gasteiger partial charge >= 0.3 is 0 Å². The van der Waals surface area contributed by atoms with Gasteiger partial charge in [0.2, 0.25) is 5.91 Å². The third kappa shape index (κ3) is 3.98. The molecule has 0 aromatic heterocycles. The molecule has 0 aliphatic carbocycles. The molecule has 2 aromatic carbocycles. The minimum absolute atomic E-state index is 0.192. The first kappa shape index (κ1) is 20.1. The summed E-state index contributed by atoms with van der Waals surface area (Å²) in [6.45, 7) is 3.36. The number of hydrogen-bond donors (Lipinski definition) is 1. The molecule has 1 aliphatic heterocycles. The monoisotopic (exact) mass is 399 g/mol. The van der Waals surface area contributed by atoms with Crippen molar-refractivity contribution < 1.29 is 24.0 Å². The van der Waals surface area contributed by atoms with E-state index < -0.39 is 28.9 Å². The molecule has 2 atom stereocenters. The van der Waals surface area contributed by atoms with Crippen molar-refractivity contribution in [3.8, 4) is 11.5 Å². The lowest BCUT2D eigenvalue weighted by molar-refractivity contribution is -0.384. The second-order valence-electron chi connectivity index (χ2n) is 6.53. The van der Waals surface area contributed by atoms with Crippen molar-refractivity contribution in [3.05, 3.63) is 52.6 Å². The van der Waals surface area contributed by atoms with Crippen LogP contribution >= 0.6 is 0 Å². The fourth-order valence-corrected chi connectivity index (χ4v) is 3.08. The molecule has 0 fully saturated rings. The summed E-state index contributed by atoms with van der Waals surface area (Å²) in [7, 11) is 1.54. The van der Waals surface area contributed by atoms with Crippen LogP contribution in [0.4, 0.5) is 17.1 Å². The molecule has 2 unspecified atom stereocenters. The number of carbonyl (C=O) groups excluding carboxylic acids is 2. The van der Waals surface area contributed by atoms with Gasteiger partial charge in [0, 0.05) is 17.8 Å². The zero-order valence-corrected chi connectivity index (χ0v) is 16.2. The molecule has 3 rings (SSSR count). The highest BCUT2D eigenvalue weighted by Gasteiger charge is 2.39. The van der Waals surface area contributed by atoms with Crippen LogP contribution in [-0.4, -0.2) is 36.0 Å². The minimum atomic E-state index is -0.914. The normalized spacial score (nSPS) is 16.4. The molecule has 9 heteroatoms. The highest BCUT2D eigenvalue weighted by molar-refractivity contribution is 6.08. The van der Waals surface area contributed by atoms with Gasteiger partial charge in [0.15, 0.2) is 6.10 Å². The maximum atomic E-state index is 12.9. The summed E-state index contributed by atoms with van der Waals surface area (Å²) in [5, 5.41) is 13.9. The second-order valence-corrected chi connectivity index (χ2v) is 6.53. The lowest BCUT2D eigenvalue weighted by Gasteiger charge is -2.36. The molecule has 0 saturated carbocycles. The number of benzene rings is 2. The summed E-state index contributed by atoms with van der Waals surface area (Å²) in [5.41, 5.74) is 0.545. The molecule has 1 aliphatic rings. The van der Waals surface area contributed by atoms with E-state index >= 15 is 0 Å². The third-order valence-corrected chi connectivity index (χ3v) is 4.69. The van der Waals surface area contributed by atoms with Crippen LogP contribution in [0.5, 0.6) is 11.5 Å². The number of anilines is 2. The Morgan fingerprint density at radius 3 is 2.59 bits per heavy atom. The van der Waals surface area contributed by atoms with Crippen LogP contribution in [0.15, 0.2) is 42.5 Å². The molecular formula is C20H21N3O6. The van der Waals surface area contributed by atoms with Gasteiger partial charge in [-0.2, -0.15) is 0 Å². The summed E-state index contributed by atoms with van der Waals surface area (Å²) < 4.78 is 10.8. The third-order valence-electron chi connectivity index (χ3n) is 4.69. The lowest BCUT2D eigenvalue weighted by Crippen LogP contribution is -2.53. The predicted molar refractivity (Wildman–Crippen MR) is 106 cm³/mol. The quantitative estimate of drug-likeness (QED) is 0.590. The van der Waals surface area contributed by atoms with Gasteiger partial charge in [0.25, 0.3) is 11.6 Å². The van der Waals surface area contributed by atoms with E-state index in [0.29, 0.717) is 23.6 Å². The van der Waals surface area contributed by atoms with E-state index in [0.717, 1.165) is 0 Å². The highest BCUT2D eigenvalue weighted by Crippen LogP contribution is 2.38. The highest BCUT2D eigenvalue weighted by atomic mass is 16.6. The van der Waals surface area contributed by atoms with Gasteiger partial charge in [-0.15, -0.1) is 0 Å². The number of hydrogen-bond acceptors (Lipinski definition) is 6. The predicted octanol–water partition coefficient (Wildman–Crippen LogP) is 3.13. The van der Waals surface area contributed by atoms with Gasteiger partial charge in [-0.1, -0.05) is 6.92 Å². The van der Waals surface area contributed by atoms with Crippen LogP contribution in [-0.2, 0) is 9.59 Å². The number of carbonyl (C=O) groups is 2. The van der Waals surface area contributed by atoms with E-state index in [9.17, 15) is 19.7 Å². The van der Waals surface area contributed by atoms with Gasteiger partial charge in [0.05, 0.1) is 17.7 Å². The van der Waals surface area contributed by atoms with E-state index in [2.05, 4.69) is 5.32 Å². The Labute approximate surface area is 167 Å². The number of fused-ring (bicyclic) bond motifs is 1. The second kappa shape index (κ2) is 8.17. The summed E-state index contributed by atoms with van der Waals surface area (Å²) in [6.07, 6.45) is -0.362. The Kier molecular flexibility index (Phi) is 5.67. The largest absolute Gasteiger partial charge is 0.497 e. The number of ether oxygens (including phenoxy) is 2. The molecule has 2 amide bonds. The van der Waals surface area contributed by atoms with E-state index in [4.69, 9.17) is 9.47 Å². The SMILES string of the molecule is CCC1Oc2ccc([N+](=O)[O-])cc2N(C(C)C(=O)Nc2ccc(OC)cc2)C1=O. The standard InChI is InChI=1S/C20H21N3O6/c1-4-17-20(25)22(16-11-14(23(26)27)7-10-18(16)29-17)12(2)19(24)21-13-5-8-15(28-3)9-6-13/h5-12,17H,4H2,1-3H3,(H,21,24). The van der Waals surface area contributed by atoms with E-state index in [1.54, 1.807) is 45.2 Å². The first-order valence-electron chi connectivity index (χ1n) is 9.08. The number of non-ortho nitro benzene ring substituents is 1. The Morgan fingerprint density at radius 2 is 2.00 bits per heavy atom. The van der Waals surface area contributed by atoms with Crippen molar-refractivity contribution in [2.45, 2.75) is 32.4 Å². The molecular weight excluding hydrogens is 378 g/mol. The molecule has 0 saturated heterocycles. The van der Waals surface area contributed by atoms with Crippen LogP contribution in [0.1, 0.15) is 20.3 Å². The van der Waals surface area contributed by atoms with E-state index in [-0.39, 0.29) is 11.4 Å². The summed E-state index contributed by atoms with van der Waals surface area (Å²) >= 11 is 0. The maximum absolute atomic E-state index is 12.9. The number of rotatable bonds is 6. The van der Waals surface area contributed by atoms with E-state index in [1.165, 1.54) is 23.1 Å². The molecule has 9 nitrogen and oxygen atoms in total. The fourth-order valence-electron chi connectivity index (χ4n) is 3.08. The van der Waals surface area contributed by atoms with Gasteiger partial charge in [-0.05, 0) is 43.7 Å². The smallest absolute Gasteiger partial charge is 0.271 e. The molecule has 152 valence electrons. The Balaban J connectivity index is 1.91. The lowest BCUT2D eigenvalue weighted by atomic mass is 10.1. The summed E-state index contributed by atoms with van der Waals surface area (Å²) in [5.74, 6) is 0.119. The molecule has 2 aromatic rings. The minimum Gasteiger partial charge on any atom is -0.497 e. The molecule has 1 heterocycles. The van der Waals surface area contributed by atoms with Gasteiger partial charge in [-0.3, -0.25) is 24.6 Å². The zero-order valence-electron chi connectivity index (χ0n) is 16.2. The summed E-state index contributed by atoms with van der Waals surface area (Å²) in [4.78, 5) is 37.6. The number of nitro benzene ring substituents is 1. The molecule has 0 spiro atoms. The van der Waals surface area contributed by atoms with Crippen LogP contribution in [0.3, 0.4) is 0 Å². The maximum Gasteiger partial charge on any atom is 0.271 e. The van der Waals surface area contributed by atoms with E-state index in [1.807, 2.05) is 0 Å². The van der Waals surface area contributed by atoms with Crippen LogP contribution < -0.4 is 19.7 Å². The Bertz CT molecular complexity index is 944. The van der Waals surface area contributed by atoms with Gasteiger partial charge < -0.3 is 14.8 Å². The van der Waals surface area contributed by atoms with Crippen molar-refractivity contribution in [1.29, 1.82) is 0 Å². The molecule has 29 heavy (non-hydrogen) atoms. The van der Waals surface area contributed by atoms with Crippen LogP contribution in [0.25, 0.3) is 0 Å². The zero-order chi connectivity index (χ0) is 21.1. The topological polar surface area (TPSA) is 111 Å².